The Bertz CT molecular complexity index is 171. The zero-order valence-electron chi connectivity index (χ0n) is 11.9. The molecule has 0 bridgehead atoms. The number of ether oxygens (including phenoxy) is 1. The Morgan fingerprint density at radius 2 is 1.75 bits per heavy atom. The van der Waals surface area contributed by atoms with Gasteiger partial charge in [-0.15, -0.1) is 0 Å². The first-order valence-corrected chi connectivity index (χ1v) is 7.49. The number of rotatable bonds is 9. The van der Waals surface area contributed by atoms with Crippen LogP contribution in [0.2, 0.25) is 0 Å². The Labute approximate surface area is 106 Å². The van der Waals surface area contributed by atoms with Gasteiger partial charge in [0.1, 0.15) is 0 Å². The quantitative estimate of drug-likeness (QED) is 0.632. The third-order valence-electron chi connectivity index (χ3n) is 3.63. The van der Waals surface area contributed by atoms with E-state index in [1.54, 1.807) is 7.11 Å². The van der Waals surface area contributed by atoms with Gasteiger partial charge >= 0.3 is 0 Å². The summed E-state index contributed by atoms with van der Waals surface area (Å²) in [6, 6.07) is 0. The molecule has 0 aromatic heterocycles. The summed E-state index contributed by atoms with van der Waals surface area (Å²) in [5.74, 6) is 0. The Morgan fingerprint density at radius 3 is 2.12 bits per heavy atom. The van der Waals surface area contributed by atoms with E-state index in [-0.39, 0.29) is 5.60 Å². The molecule has 0 unspecified atom stereocenters. The van der Waals surface area contributed by atoms with Gasteiger partial charge in [0.15, 0.2) is 0 Å². The van der Waals surface area contributed by atoms with Crippen molar-refractivity contribution < 1.29 is 4.74 Å². The van der Waals surface area contributed by atoms with E-state index in [4.69, 9.17) is 4.74 Å². The molecule has 0 aromatic carbocycles. The van der Waals surface area contributed by atoms with Crippen LogP contribution in [-0.2, 0) is 4.74 Å². The molecule has 0 radical (unpaired) electrons. The topological polar surface area (TPSA) is 21.3 Å². The summed E-state index contributed by atoms with van der Waals surface area (Å²) in [5, 5.41) is 3.57. The molecule has 2 nitrogen and oxygen atoms in total. The highest BCUT2D eigenvalue weighted by molar-refractivity contribution is 8.00. The molecule has 0 rings (SSSR count). The number of nitrogens with one attached hydrogen (secondary N) is 1. The molecule has 0 aliphatic rings. The average molecular weight is 247 g/mol. The second-order valence-corrected chi connectivity index (χ2v) is 6.26. The zero-order valence-corrected chi connectivity index (χ0v) is 12.7. The summed E-state index contributed by atoms with van der Waals surface area (Å²) in [6.07, 6.45) is 5.73. The van der Waals surface area contributed by atoms with E-state index in [1.165, 1.54) is 12.8 Å². The summed E-state index contributed by atoms with van der Waals surface area (Å²) < 4.78 is 5.82. The van der Waals surface area contributed by atoms with Gasteiger partial charge in [-0.1, -0.05) is 13.8 Å². The number of methoxy groups -OCH3 is 1. The van der Waals surface area contributed by atoms with Gasteiger partial charge in [0.05, 0.1) is 5.60 Å². The molecule has 98 valence electrons. The van der Waals surface area contributed by atoms with Crippen molar-refractivity contribution in [2.75, 3.05) is 26.5 Å². The largest absolute Gasteiger partial charge is 0.379 e. The SMILES string of the molecule is CCC(CC)(CNCCC(C)(C)OC)SC. The second kappa shape index (κ2) is 7.57. The van der Waals surface area contributed by atoms with Crippen LogP contribution < -0.4 is 5.32 Å². The average Bonchev–Trinajstić information content (AvgIpc) is 2.30. The van der Waals surface area contributed by atoms with Crippen molar-refractivity contribution in [3.8, 4) is 0 Å². The number of hydrogen-bond donors (Lipinski definition) is 1. The van der Waals surface area contributed by atoms with Gasteiger partial charge in [-0.25, -0.2) is 0 Å². The van der Waals surface area contributed by atoms with Crippen LogP contribution in [0.15, 0.2) is 0 Å². The maximum absolute atomic E-state index is 5.40. The van der Waals surface area contributed by atoms with Crippen LogP contribution in [0.3, 0.4) is 0 Å². The molecular formula is C13H29NOS. The standard InChI is InChI=1S/C13H29NOS/c1-7-13(8-2,16-6)11-14-10-9-12(3,4)15-5/h14H,7-11H2,1-6H3. The first-order valence-electron chi connectivity index (χ1n) is 6.26. The molecule has 0 fully saturated rings. The molecule has 0 atom stereocenters. The molecule has 0 saturated heterocycles. The molecule has 0 aromatic rings. The third kappa shape index (κ3) is 5.55. The van der Waals surface area contributed by atoms with Crippen molar-refractivity contribution in [2.24, 2.45) is 0 Å². The predicted molar refractivity (Wildman–Crippen MR) is 75.4 cm³/mol. The highest BCUT2D eigenvalue weighted by Gasteiger charge is 2.24. The van der Waals surface area contributed by atoms with Crippen LogP contribution in [0.4, 0.5) is 0 Å². The lowest BCUT2D eigenvalue weighted by Gasteiger charge is -2.31. The van der Waals surface area contributed by atoms with Crippen molar-refractivity contribution in [3.63, 3.8) is 0 Å². The third-order valence-corrected chi connectivity index (χ3v) is 5.21. The molecule has 1 N–H and O–H groups in total. The van der Waals surface area contributed by atoms with Crippen molar-refractivity contribution in [1.82, 2.24) is 5.32 Å². The monoisotopic (exact) mass is 247 g/mol. The summed E-state index contributed by atoms with van der Waals surface area (Å²) in [4.78, 5) is 0. The fourth-order valence-electron chi connectivity index (χ4n) is 1.67. The molecule has 0 amide bonds. The minimum absolute atomic E-state index is 0.00650. The normalized spacial score (nSPS) is 13.1. The van der Waals surface area contributed by atoms with Crippen LogP contribution in [0, 0.1) is 0 Å². The van der Waals surface area contributed by atoms with E-state index >= 15 is 0 Å². The van der Waals surface area contributed by atoms with Gasteiger partial charge < -0.3 is 10.1 Å². The van der Waals surface area contributed by atoms with Crippen molar-refractivity contribution in [3.05, 3.63) is 0 Å². The fraction of sp³-hybridized carbons (Fsp3) is 1.00. The molecular weight excluding hydrogens is 218 g/mol. The summed E-state index contributed by atoms with van der Waals surface area (Å²) in [5.41, 5.74) is -0.00650. The van der Waals surface area contributed by atoms with Crippen LogP contribution >= 0.6 is 11.8 Å². The van der Waals surface area contributed by atoms with Gasteiger partial charge in [-0.2, -0.15) is 11.8 Å². The fourth-order valence-corrected chi connectivity index (χ4v) is 2.49. The first-order chi connectivity index (χ1) is 7.45. The lowest BCUT2D eigenvalue weighted by atomic mass is 10.0. The smallest absolute Gasteiger partial charge is 0.0634 e. The van der Waals surface area contributed by atoms with Gasteiger partial charge in [-0.05, 0) is 45.9 Å². The number of hydrogen-bond acceptors (Lipinski definition) is 3. The van der Waals surface area contributed by atoms with Crippen LogP contribution in [0.25, 0.3) is 0 Å². The van der Waals surface area contributed by atoms with E-state index < -0.39 is 0 Å². The maximum Gasteiger partial charge on any atom is 0.0634 e. The van der Waals surface area contributed by atoms with Crippen molar-refractivity contribution in [2.45, 2.75) is 57.3 Å². The minimum atomic E-state index is -0.00650. The molecule has 3 heteroatoms. The van der Waals surface area contributed by atoms with Gasteiger partial charge in [0.2, 0.25) is 0 Å². The van der Waals surface area contributed by atoms with Gasteiger partial charge in [0, 0.05) is 18.4 Å². The van der Waals surface area contributed by atoms with Crippen LogP contribution in [0.1, 0.15) is 47.0 Å². The Kier molecular flexibility index (Phi) is 7.70. The van der Waals surface area contributed by atoms with E-state index in [2.05, 4.69) is 39.3 Å². The highest BCUT2D eigenvalue weighted by Crippen LogP contribution is 2.29. The minimum Gasteiger partial charge on any atom is -0.379 e. The Balaban J connectivity index is 3.88. The van der Waals surface area contributed by atoms with Crippen LogP contribution in [-0.4, -0.2) is 36.8 Å². The van der Waals surface area contributed by atoms with E-state index in [0.717, 1.165) is 19.5 Å². The summed E-state index contributed by atoms with van der Waals surface area (Å²) in [7, 11) is 1.78. The lowest BCUT2D eigenvalue weighted by Crippen LogP contribution is -2.39. The maximum atomic E-state index is 5.40. The van der Waals surface area contributed by atoms with E-state index in [1.807, 2.05) is 11.8 Å². The second-order valence-electron chi connectivity index (χ2n) is 4.98. The van der Waals surface area contributed by atoms with E-state index in [9.17, 15) is 0 Å². The molecule has 0 aliphatic carbocycles. The zero-order chi connectivity index (χ0) is 12.7. The molecule has 0 spiro atoms. The molecule has 0 heterocycles. The first kappa shape index (κ1) is 16.3. The lowest BCUT2D eigenvalue weighted by molar-refractivity contribution is 0.0158. The summed E-state index contributed by atoms with van der Waals surface area (Å²) in [6.45, 7) is 11.0. The Hall–Kier alpha value is 0.270. The number of thioether (sulfide) groups is 1. The van der Waals surface area contributed by atoms with Crippen molar-refractivity contribution >= 4 is 11.8 Å². The van der Waals surface area contributed by atoms with Crippen LogP contribution in [0.5, 0.6) is 0 Å². The highest BCUT2D eigenvalue weighted by atomic mass is 32.2. The van der Waals surface area contributed by atoms with E-state index in [0.29, 0.717) is 4.75 Å². The Morgan fingerprint density at radius 1 is 1.19 bits per heavy atom. The van der Waals surface area contributed by atoms with Gasteiger partial charge in [-0.3, -0.25) is 0 Å². The molecule has 0 saturated carbocycles. The molecule has 0 aliphatic heterocycles. The summed E-state index contributed by atoms with van der Waals surface area (Å²) >= 11 is 1.99. The molecule has 16 heavy (non-hydrogen) atoms. The van der Waals surface area contributed by atoms with Gasteiger partial charge in [0.25, 0.3) is 0 Å². The van der Waals surface area contributed by atoms with Crippen molar-refractivity contribution in [1.29, 1.82) is 0 Å². The predicted octanol–water partition coefficient (Wildman–Crippen LogP) is 3.31.